The summed E-state index contributed by atoms with van der Waals surface area (Å²) >= 11 is 0. The third kappa shape index (κ3) is 34.6. The Balaban J connectivity index is 0. The molecule has 3 N–H and O–H groups in total. The van der Waals surface area contributed by atoms with Crippen molar-refractivity contribution in [2.75, 3.05) is 26.2 Å². The highest BCUT2D eigenvalue weighted by Gasteiger charge is 1.94. The number of hydroxylamine groups is 1. The molecule has 0 bridgehead atoms. The van der Waals surface area contributed by atoms with E-state index >= 15 is 0 Å². The second-order valence-electron chi connectivity index (χ2n) is 6.90. The summed E-state index contributed by atoms with van der Waals surface area (Å²) in [5.74, 6) is -0.833. The molecule has 0 fully saturated rings. The third-order valence-electron chi connectivity index (χ3n) is 4.01. The Hall–Kier alpha value is -0.650. The maximum Gasteiger partial charge on any atom is 0.300 e. The van der Waals surface area contributed by atoms with Gasteiger partial charge in [-0.25, -0.2) is 5.48 Å². The lowest BCUT2D eigenvalue weighted by molar-refractivity contribution is -0.134. The zero-order valence-electron chi connectivity index (χ0n) is 17.8. The van der Waals surface area contributed by atoms with Gasteiger partial charge in [-0.1, -0.05) is 78.1 Å². The maximum absolute atomic E-state index is 9.00. The Morgan fingerprint density at radius 1 is 0.731 bits per heavy atom. The van der Waals surface area contributed by atoms with Gasteiger partial charge in [-0.05, 0) is 32.4 Å². The summed E-state index contributed by atoms with van der Waals surface area (Å²) in [6.45, 7) is 9.59. The van der Waals surface area contributed by atoms with Crippen LogP contribution in [0.25, 0.3) is 0 Å². The van der Waals surface area contributed by atoms with Crippen molar-refractivity contribution in [2.45, 2.75) is 104 Å². The molecule has 0 saturated heterocycles. The van der Waals surface area contributed by atoms with Gasteiger partial charge in [-0.15, -0.1) is 0 Å². The van der Waals surface area contributed by atoms with Crippen molar-refractivity contribution < 1.29 is 14.7 Å². The first kappa shape index (κ1) is 27.6. The molecule has 0 rings (SSSR count). The highest BCUT2D eigenvalue weighted by Crippen LogP contribution is 2.11. The number of carboxylic acids is 1. The molecule has 0 radical (unpaired) electrons. The minimum absolute atomic E-state index is 0.833. The van der Waals surface area contributed by atoms with Crippen LogP contribution < -0.4 is 10.8 Å². The fourth-order valence-corrected chi connectivity index (χ4v) is 2.57. The molecule has 0 atom stereocenters. The summed E-state index contributed by atoms with van der Waals surface area (Å²) < 4.78 is 0. The van der Waals surface area contributed by atoms with Crippen LogP contribution >= 0.6 is 0 Å². The Kier molecular flexibility index (Phi) is 28.2. The first-order valence-electron chi connectivity index (χ1n) is 10.9. The van der Waals surface area contributed by atoms with Gasteiger partial charge in [0.25, 0.3) is 5.97 Å². The number of carboxylic acid groups (broad SMARTS) is 1. The number of rotatable bonds is 19. The summed E-state index contributed by atoms with van der Waals surface area (Å²) in [5, 5.41) is 10.8. The van der Waals surface area contributed by atoms with Crippen molar-refractivity contribution in [3.05, 3.63) is 0 Å². The second-order valence-corrected chi connectivity index (χ2v) is 6.90. The lowest BCUT2D eigenvalue weighted by atomic mass is 10.1. The Morgan fingerprint density at radius 3 is 1.73 bits per heavy atom. The number of aliphatic carboxylic acids is 1. The van der Waals surface area contributed by atoms with Crippen molar-refractivity contribution in [3.63, 3.8) is 0 Å². The molecule has 0 aromatic rings. The zero-order chi connectivity index (χ0) is 19.7. The van der Waals surface area contributed by atoms with E-state index in [1.165, 1.54) is 77.0 Å². The van der Waals surface area contributed by atoms with Gasteiger partial charge >= 0.3 is 0 Å². The molecule has 5 heteroatoms. The van der Waals surface area contributed by atoms with E-state index in [9.17, 15) is 0 Å². The van der Waals surface area contributed by atoms with E-state index in [0.29, 0.717) is 0 Å². The van der Waals surface area contributed by atoms with Gasteiger partial charge in [-0.3, -0.25) is 4.79 Å². The predicted molar refractivity (Wildman–Crippen MR) is 112 cm³/mol. The van der Waals surface area contributed by atoms with Gasteiger partial charge in [0.2, 0.25) is 0 Å². The number of hydrogen-bond acceptors (Lipinski definition) is 4. The molecule has 0 unspecified atom stereocenters. The van der Waals surface area contributed by atoms with Crippen molar-refractivity contribution in [3.8, 4) is 0 Å². The molecule has 0 aliphatic carbocycles. The summed E-state index contributed by atoms with van der Waals surface area (Å²) in [6.07, 6.45) is 17.6. The van der Waals surface area contributed by atoms with Crippen molar-refractivity contribution in [2.24, 2.45) is 0 Å². The van der Waals surface area contributed by atoms with Gasteiger partial charge in [0.1, 0.15) is 0 Å². The maximum atomic E-state index is 9.00. The second kappa shape index (κ2) is 26.6. The van der Waals surface area contributed by atoms with E-state index in [0.717, 1.165) is 39.6 Å². The molecule has 158 valence electrons. The Bertz CT molecular complexity index is 240. The van der Waals surface area contributed by atoms with Crippen molar-refractivity contribution in [1.29, 1.82) is 0 Å². The number of carbonyl (C=O) groups is 1. The quantitative estimate of drug-likeness (QED) is 0.211. The minimum Gasteiger partial charge on any atom is -0.481 e. The van der Waals surface area contributed by atoms with Crippen LogP contribution in [-0.2, 0) is 9.63 Å². The summed E-state index contributed by atoms with van der Waals surface area (Å²) in [5.41, 5.74) is 3.06. The molecular formula is C21H46N2O3. The summed E-state index contributed by atoms with van der Waals surface area (Å²) in [7, 11) is 0. The lowest BCUT2D eigenvalue weighted by Crippen LogP contribution is -2.23. The predicted octanol–water partition coefficient (Wildman–Crippen LogP) is 5.30. The molecule has 0 aromatic carbocycles. The standard InChI is InChI=1S/C19H42N2O.C2H4O2/c1-3-5-6-7-8-9-10-11-12-13-14-19-22-21-18-15-17-20-16-4-2;1-2(3)4/h20-21H,3-19H2,1-2H3;1H3,(H,3,4). The van der Waals surface area contributed by atoms with Crippen molar-refractivity contribution in [1.82, 2.24) is 10.8 Å². The first-order valence-corrected chi connectivity index (χ1v) is 10.9. The van der Waals surface area contributed by atoms with E-state index in [4.69, 9.17) is 14.7 Å². The van der Waals surface area contributed by atoms with Gasteiger partial charge < -0.3 is 15.3 Å². The molecule has 0 aliphatic rings. The first-order chi connectivity index (χ1) is 12.6. The zero-order valence-corrected chi connectivity index (χ0v) is 17.8. The molecule has 0 amide bonds. The van der Waals surface area contributed by atoms with Crippen LogP contribution in [0.4, 0.5) is 0 Å². The van der Waals surface area contributed by atoms with Gasteiger partial charge in [0.05, 0.1) is 6.61 Å². The van der Waals surface area contributed by atoms with E-state index in [2.05, 4.69) is 24.6 Å². The summed E-state index contributed by atoms with van der Waals surface area (Å²) in [6, 6.07) is 0. The lowest BCUT2D eigenvalue weighted by Gasteiger charge is -2.06. The molecular weight excluding hydrogens is 328 g/mol. The van der Waals surface area contributed by atoms with E-state index in [-0.39, 0.29) is 0 Å². The SMILES string of the molecule is CC(=O)O.CCCCCCCCCCCCCONCCCNCCC. The molecule has 26 heavy (non-hydrogen) atoms. The molecule has 0 aliphatic heterocycles. The van der Waals surface area contributed by atoms with Crippen LogP contribution in [0.1, 0.15) is 104 Å². The van der Waals surface area contributed by atoms with Crippen LogP contribution in [0.15, 0.2) is 0 Å². The topological polar surface area (TPSA) is 70.6 Å². The fraction of sp³-hybridized carbons (Fsp3) is 0.952. The Labute approximate surface area is 162 Å². The van der Waals surface area contributed by atoms with E-state index < -0.39 is 5.97 Å². The van der Waals surface area contributed by atoms with Crippen LogP contribution in [0.5, 0.6) is 0 Å². The Morgan fingerprint density at radius 2 is 1.23 bits per heavy atom. The third-order valence-corrected chi connectivity index (χ3v) is 4.01. The molecule has 0 saturated carbocycles. The van der Waals surface area contributed by atoms with Crippen LogP contribution in [-0.4, -0.2) is 37.3 Å². The van der Waals surface area contributed by atoms with Gasteiger partial charge in [-0.2, -0.15) is 0 Å². The number of unbranched alkanes of at least 4 members (excludes halogenated alkanes) is 10. The van der Waals surface area contributed by atoms with Crippen LogP contribution in [0, 0.1) is 0 Å². The monoisotopic (exact) mass is 374 g/mol. The smallest absolute Gasteiger partial charge is 0.300 e. The van der Waals surface area contributed by atoms with Gasteiger partial charge in [0.15, 0.2) is 0 Å². The van der Waals surface area contributed by atoms with Crippen LogP contribution in [0.2, 0.25) is 0 Å². The average Bonchev–Trinajstić information content (AvgIpc) is 2.60. The normalized spacial score (nSPS) is 10.4. The van der Waals surface area contributed by atoms with Gasteiger partial charge in [0, 0.05) is 13.5 Å². The summed E-state index contributed by atoms with van der Waals surface area (Å²) in [4.78, 5) is 14.4. The van der Waals surface area contributed by atoms with Crippen LogP contribution in [0.3, 0.4) is 0 Å². The minimum atomic E-state index is -0.833. The average molecular weight is 375 g/mol. The van der Waals surface area contributed by atoms with Crippen molar-refractivity contribution >= 4 is 5.97 Å². The van der Waals surface area contributed by atoms with E-state index in [1.54, 1.807) is 0 Å². The highest BCUT2D eigenvalue weighted by molar-refractivity contribution is 5.62. The molecule has 5 nitrogen and oxygen atoms in total. The molecule has 0 heterocycles. The molecule has 0 aromatic heterocycles. The van der Waals surface area contributed by atoms with E-state index in [1.807, 2.05) is 0 Å². The molecule has 0 spiro atoms. The largest absolute Gasteiger partial charge is 0.481 e. The highest BCUT2D eigenvalue weighted by atomic mass is 16.6. The number of hydrogen-bond donors (Lipinski definition) is 3. The fourth-order valence-electron chi connectivity index (χ4n) is 2.57. The number of nitrogens with one attached hydrogen (secondary N) is 2.